The zero-order chi connectivity index (χ0) is 13.5. The second-order valence-electron chi connectivity index (χ2n) is 6.92. The minimum absolute atomic E-state index is 0.0530. The Kier molecular flexibility index (Phi) is 1.90. The Hall–Kier alpha value is -1.48. The van der Waals surface area contributed by atoms with E-state index in [4.69, 9.17) is 5.73 Å². The summed E-state index contributed by atoms with van der Waals surface area (Å²) >= 11 is 0. The van der Waals surface area contributed by atoms with Gasteiger partial charge in [-0.15, -0.1) is 0 Å². The first kappa shape index (κ1) is 11.2. The summed E-state index contributed by atoms with van der Waals surface area (Å²) in [5, 5.41) is 1.46. The van der Waals surface area contributed by atoms with Crippen LogP contribution in [0, 0.1) is 0 Å². The molecule has 4 aliphatic rings. The van der Waals surface area contributed by atoms with Crippen LogP contribution in [0.4, 0.5) is 5.82 Å². The van der Waals surface area contributed by atoms with Crippen LogP contribution in [-0.2, 0) is 12.6 Å². The fourth-order valence-electron chi connectivity index (χ4n) is 4.50. The standard InChI is InChI=1S/C17H21N3/c1-19-15-12(3-2-4-13(15)17(18)7-8-17)14-11-5-9-20(10-6-11)16(14)19/h2-4,11H,5-10,18H2,1H3. The van der Waals surface area contributed by atoms with Gasteiger partial charge in [-0.1, -0.05) is 18.2 Å². The maximum Gasteiger partial charge on any atom is 0.112 e. The lowest BCUT2D eigenvalue weighted by Gasteiger charge is -2.41. The van der Waals surface area contributed by atoms with Gasteiger partial charge < -0.3 is 15.2 Å². The maximum absolute atomic E-state index is 6.52. The smallest absolute Gasteiger partial charge is 0.112 e. The van der Waals surface area contributed by atoms with Gasteiger partial charge in [0.05, 0.1) is 5.52 Å². The summed E-state index contributed by atoms with van der Waals surface area (Å²) in [5.41, 5.74) is 10.8. The molecule has 4 heterocycles. The number of aromatic nitrogens is 1. The Morgan fingerprint density at radius 3 is 2.65 bits per heavy atom. The predicted molar refractivity (Wildman–Crippen MR) is 82.2 cm³/mol. The molecule has 1 saturated heterocycles. The molecule has 0 amide bonds. The fourth-order valence-corrected chi connectivity index (χ4v) is 4.50. The molecular weight excluding hydrogens is 246 g/mol. The Balaban J connectivity index is 1.89. The topological polar surface area (TPSA) is 34.2 Å². The first-order valence-corrected chi connectivity index (χ1v) is 7.85. The highest BCUT2D eigenvalue weighted by Gasteiger charge is 2.43. The van der Waals surface area contributed by atoms with Gasteiger partial charge in [-0.3, -0.25) is 0 Å². The third kappa shape index (κ3) is 1.20. The SMILES string of the molecule is Cn1c2c(c3cccc(C4(N)CC4)c31)C1CCN2CC1. The molecule has 2 fully saturated rings. The van der Waals surface area contributed by atoms with E-state index < -0.39 is 0 Å². The van der Waals surface area contributed by atoms with Crippen molar-refractivity contribution in [1.29, 1.82) is 0 Å². The Morgan fingerprint density at radius 2 is 1.95 bits per heavy atom. The predicted octanol–water partition coefficient (Wildman–Crippen LogP) is 2.82. The average molecular weight is 267 g/mol. The molecule has 3 aliphatic heterocycles. The third-order valence-corrected chi connectivity index (χ3v) is 5.75. The molecule has 104 valence electrons. The second-order valence-corrected chi connectivity index (χ2v) is 6.92. The molecule has 0 spiro atoms. The number of anilines is 1. The van der Waals surface area contributed by atoms with Crippen LogP contribution in [0.5, 0.6) is 0 Å². The summed E-state index contributed by atoms with van der Waals surface area (Å²) in [6.45, 7) is 2.45. The molecule has 2 aromatic rings. The molecule has 1 saturated carbocycles. The van der Waals surface area contributed by atoms with E-state index in [1.807, 2.05) is 0 Å². The van der Waals surface area contributed by atoms with Crippen molar-refractivity contribution in [2.24, 2.45) is 12.8 Å². The molecule has 0 unspecified atom stereocenters. The molecule has 6 rings (SSSR count). The first-order chi connectivity index (χ1) is 9.69. The number of rotatable bonds is 1. The monoisotopic (exact) mass is 267 g/mol. The zero-order valence-corrected chi connectivity index (χ0v) is 12.0. The number of para-hydroxylation sites is 1. The highest BCUT2D eigenvalue weighted by Crippen LogP contribution is 2.51. The Labute approximate surface area is 119 Å². The van der Waals surface area contributed by atoms with Crippen LogP contribution in [0.2, 0.25) is 0 Å². The highest BCUT2D eigenvalue weighted by atomic mass is 15.3. The number of nitrogens with zero attached hydrogens (tertiary/aromatic N) is 2. The van der Waals surface area contributed by atoms with Gasteiger partial charge in [-0.25, -0.2) is 0 Å². The van der Waals surface area contributed by atoms with E-state index in [9.17, 15) is 0 Å². The summed E-state index contributed by atoms with van der Waals surface area (Å²) in [5.74, 6) is 2.24. The van der Waals surface area contributed by atoms with Crippen LogP contribution in [0.25, 0.3) is 10.9 Å². The summed E-state index contributed by atoms with van der Waals surface area (Å²) in [6.07, 6.45) is 4.92. The summed E-state index contributed by atoms with van der Waals surface area (Å²) in [6, 6.07) is 6.77. The number of fused-ring (bicyclic) bond motifs is 3. The van der Waals surface area contributed by atoms with Gasteiger partial charge in [0.2, 0.25) is 0 Å². The lowest BCUT2D eigenvalue weighted by molar-refractivity contribution is 0.469. The average Bonchev–Trinajstić information content (AvgIpc) is 3.17. The lowest BCUT2D eigenvalue weighted by Crippen LogP contribution is -2.39. The number of hydrogen-bond donors (Lipinski definition) is 1. The molecule has 0 radical (unpaired) electrons. The van der Waals surface area contributed by atoms with Crippen molar-refractivity contribution in [3.8, 4) is 0 Å². The Bertz CT molecular complexity index is 715. The van der Waals surface area contributed by atoms with Gasteiger partial charge in [0, 0.05) is 36.6 Å². The molecule has 1 aromatic carbocycles. The van der Waals surface area contributed by atoms with Crippen molar-refractivity contribution in [1.82, 2.24) is 4.57 Å². The van der Waals surface area contributed by atoms with Gasteiger partial charge >= 0.3 is 0 Å². The van der Waals surface area contributed by atoms with Gasteiger partial charge in [0.25, 0.3) is 0 Å². The number of aryl methyl sites for hydroxylation is 1. The lowest BCUT2D eigenvalue weighted by atomic mass is 9.84. The zero-order valence-electron chi connectivity index (χ0n) is 12.0. The maximum atomic E-state index is 6.52. The minimum Gasteiger partial charge on any atom is -0.358 e. The van der Waals surface area contributed by atoms with E-state index in [1.165, 1.54) is 48.2 Å². The van der Waals surface area contributed by atoms with E-state index in [1.54, 1.807) is 5.56 Å². The van der Waals surface area contributed by atoms with Crippen LogP contribution < -0.4 is 10.6 Å². The molecule has 20 heavy (non-hydrogen) atoms. The number of hydrogen-bond acceptors (Lipinski definition) is 2. The first-order valence-electron chi connectivity index (χ1n) is 7.85. The van der Waals surface area contributed by atoms with Gasteiger partial charge in [-0.2, -0.15) is 0 Å². The molecule has 2 bridgehead atoms. The van der Waals surface area contributed by atoms with E-state index in [0.29, 0.717) is 0 Å². The van der Waals surface area contributed by atoms with Crippen LogP contribution >= 0.6 is 0 Å². The molecule has 1 aliphatic carbocycles. The molecule has 3 heteroatoms. The van der Waals surface area contributed by atoms with Crippen molar-refractivity contribution in [2.45, 2.75) is 37.1 Å². The normalized spacial score (nSPS) is 23.4. The molecule has 1 aromatic heterocycles. The molecule has 3 nitrogen and oxygen atoms in total. The van der Waals surface area contributed by atoms with Crippen molar-refractivity contribution in [3.63, 3.8) is 0 Å². The second kappa shape index (κ2) is 3.40. The Morgan fingerprint density at radius 1 is 1.20 bits per heavy atom. The third-order valence-electron chi connectivity index (χ3n) is 5.75. The quantitative estimate of drug-likeness (QED) is 0.862. The van der Waals surface area contributed by atoms with E-state index >= 15 is 0 Å². The summed E-state index contributed by atoms with van der Waals surface area (Å²) in [7, 11) is 2.23. The number of piperidine rings is 1. The van der Waals surface area contributed by atoms with Crippen molar-refractivity contribution < 1.29 is 0 Å². The van der Waals surface area contributed by atoms with Gasteiger partial charge in [-0.05, 0) is 37.2 Å². The van der Waals surface area contributed by atoms with Crippen molar-refractivity contribution in [3.05, 3.63) is 29.3 Å². The van der Waals surface area contributed by atoms with Crippen molar-refractivity contribution in [2.75, 3.05) is 18.0 Å². The van der Waals surface area contributed by atoms with Gasteiger partial charge in [0.1, 0.15) is 5.82 Å². The van der Waals surface area contributed by atoms with Crippen molar-refractivity contribution >= 4 is 16.7 Å². The van der Waals surface area contributed by atoms with Crippen LogP contribution in [0.15, 0.2) is 18.2 Å². The van der Waals surface area contributed by atoms with E-state index in [2.05, 4.69) is 34.7 Å². The highest BCUT2D eigenvalue weighted by molar-refractivity contribution is 5.94. The summed E-state index contributed by atoms with van der Waals surface area (Å²) < 4.78 is 2.43. The fraction of sp³-hybridized carbons (Fsp3) is 0.529. The van der Waals surface area contributed by atoms with Crippen LogP contribution in [-0.4, -0.2) is 17.7 Å². The minimum atomic E-state index is -0.0530. The molecule has 0 atom stereocenters. The van der Waals surface area contributed by atoms with Gasteiger partial charge in [0.15, 0.2) is 0 Å². The number of nitrogens with two attached hydrogens (primary N) is 1. The largest absolute Gasteiger partial charge is 0.358 e. The van der Waals surface area contributed by atoms with Crippen LogP contribution in [0.3, 0.4) is 0 Å². The van der Waals surface area contributed by atoms with Crippen LogP contribution in [0.1, 0.15) is 42.7 Å². The van der Waals surface area contributed by atoms with E-state index in [-0.39, 0.29) is 5.54 Å². The molecule has 2 N–H and O–H groups in total. The van der Waals surface area contributed by atoms with E-state index in [0.717, 1.165) is 18.8 Å². The molecular formula is C17H21N3. The summed E-state index contributed by atoms with van der Waals surface area (Å²) in [4.78, 5) is 2.58. The number of benzene rings is 1.